The largest absolute Gasteiger partial charge is 0.440 e. The van der Waals surface area contributed by atoms with Gasteiger partial charge in [-0.05, 0) is 43.5 Å². The molecule has 0 bridgehead atoms. The maximum Gasteiger partial charge on any atom is 0.331 e. The molecule has 0 atom stereocenters. The summed E-state index contributed by atoms with van der Waals surface area (Å²) in [6.07, 6.45) is 3.48. The number of hydrogen-bond donors (Lipinski definition) is 2. The second kappa shape index (κ2) is 7.79. The van der Waals surface area contributed by atoms with E-state index >= 15 is 0 Å². The lowest BCUT2D eigenvalue weighted by Crippen LogP contribution is -2.37. The number of aliphatic hydroxyl groups excluding tert-OH is 1. The molecule has 0 aliphatic carbocycles. The van der Waals surface area contributed by atoms with E-state index in [2.05, 4.69) is 4.98 Å². The first-order valence-electron chi connectivity index (χ1n) is 7.84. The fourth-order valence-corrected chi connectivity index (χ4v) is 2.52. The van der Waals surface area contributed by atoms with Gasteiger partial charge in [-0.1, -0.05) is 25.1 Å². The Kier molecular flexibility index (Phi) is 5.76. The van der Waals surface area contributed by atoms with Crippen LogP contribution in [0.25, 0.3) is 0 Å². The molecule has 1 heterocycles. The van der Waals surface area contributed by atoms with Crippen molar-refractivity contribution >= 4 is 0 Å². The minimum Gasteiger partial charge on any atom is -0.440 e. The van der Waals surface area contributed by atoms with Crippen molar-refractivity contribution in [3.63, 3.8) is 0 Å². The van der Waals surface area contributed by atoms with E-state index in [1.54, 1.807) is 6.08 Å². The zero-order chi connectivity index (χ0) is 17.7. The van der Waals surface area contributed by atoms with E-state index in [-0.39, 0.29) is 24.6 Å². The van der Waals surface area contributed by atoms with E-state index < -0.39 is 5.69 Å². The highest BCUT2D eigenvalue weighted by atomic mass is 16.5. The summed E-state index contributed by atoms with van der Waals surface area (Å²) < 4.78 is 6.86. The molecule has 0 amide bonds. The van der Waals surface area contributed by atoms with Crippen molar-refractivity contribution in [2.75, 3.05) is 6.61 Å². The highest BCUT2D eigenvalue weighted by molar-refractivity contribution is 5.37. The predicted molar refractivity (Wildman–Crippen MR) is 92.9 cm³/mol. The molecule has 0 aliphatic heterocycles. The number of ether oxygens (including phenoxy) is 1. The standard InChI is InChI=1S/C18H22N2O4/c1-4-15-16(24-14-10-12(2)9-13(3)11-14)19-18(23)20(17(15)22)7-5-6-8-21/h5-6,9-11,21H,4,7-8H2,1-3H3,(H,19,23)/b6-5+. The molecule has 2 aromatic rings. The summed E-state index contributed by atoms with van der Waals surface area (Å²) in [4.78, 5) is 27.3. The third-order valence-corrected chi connectivity index (χ3v) is 3.57. The minimum atomic E-state index is -0.542. The quantitative estimate of drug-likeness (QED) is 0.794. The van der Waals surface area contributed by atoms with Crippen LogP contribution in [-0.2, 0) is 13.0 Å². The molecule has 0 spiro atoms. The maximum atomic E-state index is 12.5. The van der Waals surface area contributed by atoms with Gasteiger partial charge in [-0.15, -0.1) is 0 Å². The molecular formula is C18H22N2O4. The lowest BCUT2D eigenvalue weighted by atomic mass is 10.1. The number of nitrogens with one attached hydrogen (secondary N) is 1. The van der Waals surface area contributed by atoms with Crippen molar-refractivity contribution < 1.29 is 9.84 Å². The van der Waals surface area contributed by atoms with Crippen LogP contribution in [0.3, 0.4) is 0 Å². The first-order chi connectivity index (χ1) is 11.5. The van der Waals surface area contributed by atoms with Crippen LogP contribution in [0.5, 0.6) is 11.6 Å². The van der Waals surface area contributed by atoms with Gasteiger partial charge in [-0.25, -0.2) is 4.79 Å². The lowest BCUT2D eigenvalue weighted by molar-refractivity contribution is 0.342. The van der Waals surface area contributed by atoms with Crippen LogP contribution < -0.4 is 16.0 Å². The van der Waals surface area contributed by atoms with Gasteiger partial charge in [0.15, 0.2) is 0 Å². The first kappa shape index (κ1) is 17.7. The summed E-state index contributed by atoms with van der Waals surface area (Å²) in [5.74, 6) is 0.759. The lowest BCUT2D eigenvalue weighted by Gasteiger charge is -2.12. The number of allylic oxidation sites excluding steroid dienone is 1. The number of aryl methyl sites for hydroxylation is 2. The Morgan fingerprint density at radius 3 is 2.42 bits per heavy atom. The van der Waals surface area contributed by atoms with Crippen LogP contribution in [-0.4, -0.2) is 21.3 Å². The fraction of sp³-hybridized carbons (Fsp3) is 0.333. The third-order valence-electron chi connectivity index (χ3n) is 3.57. The number of benzene rings is 1. The van der Waals surface area contributed by atoms with Crippen molar-refractivity contribution in [2.45, 2.75) is 33.7 Å². The Labute approximate surface area is 140 Å². The van der Waals surface area contributed by atoms with Gasteiger partial charge in [0.1, 0.15) is 5.75 Å². The van der Waals surface area contributed by atoms with Gasteiger partial charge in [0.2, 0.25) is 5.88 Å². The first-order valence-corrected chi connectivity index (χ1v) is 7.84. The van der Waals surface area contributed by atoms with E-state index in [4.69, 9.17) is 9.84 Å². The van der Waals surface area contributed by atoms with Gasteiger partial charge in [-0.2, -0.15) is 0 Å². The Bertz CT molecular complexity index is 842. The number of rotatable bonds is 6. The molecule has 24 heavy (non-hydrogen) atoms. The highest BCUT2D eigenvalue weighted by Crippen LogP contribution is 2.23. The smallest absolute Gasteiger partial charge is 0.331 e. The number of aromatic nitrogens is 2. The summed E-state index contributed by atoms with van der Waals surface area (Å²) in [6, 6.07) is 5.71. The number of nitrogens with zero attached hydrogens (tertiary/aromatic N) is 1. The second-order valence-corrected chi connectivity index (χ2v) is 5.59. The van der Waals surface area contributed by atoms with Crippen LogP contribution in [0.4, 0.5) is 0 Å². The highest BCUT2D eigenvalue weighted by Gasteiger charge is 2.14. The van der Waals surface area contributed by atoms with Crippen LogP contribution in [0, 0.1) is 13.8 Å². The van der Waals surface area contributed by atoms with Crippen molar-refractivity contribution in [1.82, 2.24) is 9.55 Å². The van der Waals surface area contributed by atoms with E-state index in [1.165, 1.54) is 6.08 Å². The van der Waals surface area contributed by atoms with Crippen LogP contribution in [0.15, 0.2) is 39.9 Å². The van der Waals surface area contributed by atoms with Gasteiger partial charge in [0.05, 0.1) is 12.2 Å². The Morgan fingerprint density at radius 1 is 1.17 bits per heavy atom. The monoisotopic (exact) mass is 330 g/mol. The van der Waals surface area contributed by atoms with Crippen molar-refractivity contribution in [3.8, 4) is 11.6 Å². The molecule has 0 radical (unpaired) electrons. The zero-order valence-corrected chi connectivity index (χ0v) is 14.1. The molecule has 0 fully saturated rings. The summed E-state index contributed by atoms with van der Waals surface area (Å²) in [5, 5.41) is 8.76. The molecule has 2 N–H and O–H groups in total. The average Bonchev–Trinajstić information content (AvgIpc) is 2.50. The summed E-state index contributed by atoms with van der Waals surface area (Å²) >= 11 is 0. The predicted octanol–water partition coefficient (Wildman–Crippen LogP) is 2.06. The van der Waals surface area contributed by atoms with E-state index in [0.717, 1.165) is 15.7 Å². The number of aliphatic hydroxyl groups is 1. The topological polar surface area (TPSA) is 84.3 Å². The van der Waals surface area contributed by atoms with Crippen LogP contribution in [0.2, 0.25) is 0 Å². The Balaban J connectivity index is 2.46. The molecule has 6 nitrogen and oxygen atoms in total. The molecular weight excluding hydrogens is 308 g/mol. The van der Waals surface area contributed by atoms with E-state index in [9.17, 15) is 9.59 Å². The Morgan fingerprint density at radius 2 is 1.83 bits per heavy atom. The normalized spacial score (nSPS) is 11.2. The van der Waals surface area contributed by atoms with Gasteiger partial charge in [0, 0.05) is 6.54 Å². The number of H-pyrrole nitrogens is 1. The van der Waals surface area contributed by atoms with Gasteiger partial charge < -0.3 is 9.84 Å². The SMILES string of the molecule is CCc1c(Oc2cc(C)cc(C)c2)[nH]c(=O)n(C/C=C/CO)c1=O. The summed E-state index contributed by atoms with van der Waals surface area (Å²) in [6.45, 7) is 5.70. The minimum absolute atomic E-state index is 0.103. The zero-order valence-electron chi connectivity index (χ0n) is 14.1. The van der Waals surface area contributed by atoms with Gasteiger partial charge in [-0.3, -0.25) is 14.3 Å². The molecule has 1 aromatic heterocycles. The van der Waals surface area contributed by atoms with Crippen LogP contribution in [0.1, 0.15) is 23.6 Å². The third kappa shape index (κ3) is 4.02. The Hall–Kier alpha value is -2.60. The van der Waals surface area contributed by atoms with Gasteiger partial charge >= 0.3 is 5.69 Å². The van der Waals surface area contributed by atoms with E-state index in [1.807, 2.05) is 39.0 Å². The fourth-order valence-electron chi connectivity index (χ4n) is 2.52. The van der Waals surface area contributed by atoms with Crippen molar-refractivity contribution in [3.05, 3.63) is 67.9 Å². The average molecular weight is 330 g/mol. The molecule has 0 aliphatic rings. The molecule has 128 valence electrons. The van der Waals surface area contributed by atoms with Crippen molar-refractivity contribution in [1.29, 1.82) is 0 Å². The molecule has 0 saturated heterocycles. The van der Waals surface area contributed by atoms with Gasteiger partial charge in [0.25, 0.3) is 5.56 Å². The maximum absolute atomic E-state index is 12.5. The molecule has 0 unspecified atom stereocenters. The summed E-state index contributed by atoms with van der Waals surface area (Å²) in [5.41, 5.74) is 1.55. The molecule has 6 heteroatoms. The summed E-state index contributed by atoms with van der Waals surface area (Å²) in [7, 11) is 0. The molecule has 2 rings (SSSR count). The molecule has 1 aromatic carbocycles. The van der Waals surface area contributed by atoms with Crippen LogP contribution >= 0.6 is 0 Å². The second-order valence-electron chi connectivity index (χ2n) is 5.59. The van der Waals surface area contributed by atoms with E-state index in [0.29, 0.717) is 17.7 Å². The molecule has 0 saturated carbocycles. The van der Waals surface area contributed by atoms with Crippen molar-refractivity contribution in [2.24, 2.45) is 0 Å². The number of hydrogen-bond acceptors (Lipinski definition) is 4. The number of aromatic amines is 1.